The van der Waals surface area contributed by atoms with E-state index in [2.05, 4.69) is 14.6 Å². The van der Waals surface area contributed by atoms with Gasteiger partial charge in [0.05, 0.1) is 4.90 Å². The fraction of sp³-hybridized carbons (Fsp3) is 0.357. The van der Waals surface area contributed by atoms with Crippen molar-refractivity contribution in [3.05, 3.63) is 35.8 Å². The Morgan fingerprint density at radius 1 is 1.23 bits per heavy atom. The zero-order chi connectivity index (χ0) is 15.6. The molecule has 1 aromatic heterocycles. The number of hydrogen-bond donors (Lipinski definition) is 2. The Morgan fingerprint density at radius 3 is 2.50 bits per heavy atom. The van der Waals surface area contributed by atoms with Crippen molar-refractivity contribution in [1.82, 2.24) is 4.98 Å². The van der Waals surface area contributed by atoms with E-state index >= 15 is 0 Å². The molecule has 3 N–H and O–H groups in total. The third-order valence-corrected chi connectivity index (χ3v) is 5.88. The van der Waals surface area contributed by atoms with E-state index in [1.54, 1.807) is 23.7 Å². The molecule has 1 aromatic carbocycles. The number of thiazole rings is 1. The van der Waals surface area contributed by atoms with Crippen LogP contribution < -0.4 is 15.4 Å². The van der Waals surface area contributed by atoms with Crippen LogP contribution in [0.4, 0.5) is 10.8 Å². The number of sulfonamides is 1. The quantitative estimate of drug-likeness (QED) is 0.888. The van der Waals surface area contributed by atoms with Gasteiger partial charge in [0.1, 0.15) is 0 Å². The van der Waals surface area contributed by atoms with Gasteiger partial charge in [0, 0.05) is 36.4 Å². The lowest BCUT2D eigenvalue weighted by atomic mass is 10.1. The summed E-state index contributed by atoms with van der Waals surface area (Å²) >= 11 is 1.25. The number of nitrogens with one attached hydrogen (secondary N) is 1. The Bertz CT molecular complexity index is 706. The minimum Gasteiger partial charge on any atom is -0.371 e. The van der Waals surface area contributed by atoms with Gasteiger partial charge in [-0.1, -0.05) is 0 Å². The third-order valence-electron chi connectivity index (χ3n) is 3.71. The third kappa shape index (κ3) is 3.40. The van der Waals surface area contributed by atoms with Crippen LogP contribution in [0.2, 0.25) is 0 Å². The normalized spacial score (nSPS) is 16.7. The molecule has 0 amide bonds. The second-order valence-corrected chi connectivity index (χ2v) is 7.84. The SMILES string of the molecule is NC1CCN(c2ccc(S(=O)(=O)Nc3nccs3)cc2)CC1. The van der Waals surface area contributed by atoms with Gasteiger partial charge in [-0.3, -0.25) is 4.72 Å². The summed E-state index contributed by atoms with van der Waals surface area (Å²) in [5.41, 5.74) is 6.93. The summed E-state index contributed by atoms with van der Waals surface area (Å²) in [6, 6.07) is 7.21. The molecule has 22 heavy (non-hydrogen) atoms. The molecule has 6 nitrogen and oxygen atoms in total. The molecule has 0 spiro atoms. The summed E-state index contributed by atoms with van der Waals surface area (Å²) in [5.74, 6) is 0. The van der Waals surface area contributed by atoms with Crippen molar-refractivity contribution >= 4 is 32.2 Å². The molecule has 0 saturated carbocycles. The standard InChI is InChI=1S/C14H18N4O2S2/c15-11-5-8-18(9-6-11)12-1-3-13(4-2-12)22(19,20)17-14-16-7-10-21-14/h1-4,7,10-11H,5-6,8-9,15H2,(H,16,17). The lowest BCUT2D eigenvalue weighted by Crippen LogP contribution is -2.39. The van der Waals surface area contributed by atoms with Crippen LogP contribution in [-0.2, 0) is 10.0 Å². The maximum atomic E-state index is 12.3. The lowest BCUT2D eigenvalue weighted by molar-refractivity contribution is 0.501. The number of benzene rings is 1. The highest BCUT2D eigenvalue weighted by atomic mass is 32.2. The molecule has 118 valence electrons. The van der Waals surface area contributed by atoms with Gasteiger partial charge in [0.15, 0.2) is 5.13 Å². The van der Waals surface area contributed by atoms with Crippen LogP contribution in [0.3, 0.4) is 0 Å². The van der Waals surface area contributed by atoms with E-state index in [9.17, 15) is 8.42 Å². The maximum Gasteiger partial charge on any atom is 0.263 e. The summed E-state index contributed by atoms with van der Waals surface area (Å²) in [4.78, 5) is 6.40. The minimum absolute atomic E-state index is 0.236. The molecule has 1 fully saturated rings. The molecule has 3 rings (SSSR count). The maximum absolute atomic E-state index is 12.3. The predicted molar refractivity (Wildman–Crippen MR) is 88.8 cm³/mol. The van der Waals surface area contributed by atoms with E-state index in [0.29, 0.717) is 5.13 Å². The average Bonchev–Trinajstić information content (AvgIpc) is 3.00. The molecular formula is C14H18N4O2S2. The van der Waals surface area contributed by atoms with Crippen LogP contribution in [0.1, 0.15) is 12.8 Å². The van der Waals surface area contributed by atoms with Crippen molar-refractivity contribution in [2.75, 3.05) is 22.7 Å². The Hall–Kier alpha value is -1.64. The van der Waals surface area contributed by atoms with E-state index in [4.69, 9.17) is 5.73 Å². The molecule has 1 aliphatic rings. The molecule has 0 atom stereocenters. The average molecular weight is 338 g/mol. The second kappa shape index (κ2) is 6.23. The Morgan fingerprint density at radius 2 is 1.91 bits per heavy atom. The van der Waals surface area contributed by atoms with Crippen LogP contribution in [0.15, 0.2) is 40.7 Å². The number of hydrogen-bond acceptors (Lipinski definition) is 6. The minimum atomic E-state index is -3.58. The number of nitrogens with two attached hydrogens (primary N) is 1. The van der Waals surface area contributed by atoms with Gasteiger partial charge in [-0.05, 0) is 37.1 Å². The van der Waals surface area contributed by atoms with E-state index in [1.807, 2.05) is 12.1 Å². The van der Waals surface area contributed by atoms with Crippen molar-refractivity contribution in [1.29, 1.82) is 0 Å². The highest BCUT2D eigenvalue weighted by Gasteiger charge is 2.18. The summed E-state index contributed by atoms with van der Waals surface area (Å²) in [7, 11) is -3.58. The van der Waals surface area contributed by atoms with Gasteiger partial charge in [-0.15, -0.1) is 11.3 Å². The Kier molecular flexibility index (Phi) is 4.32. The number of aromatic nitrogens is 1. The molecule has 1 saturated heterocycles. The first kappa shape index (κ1) is 15.3. The predicted octanol–water partition coefficient (Wildman–Crippen LogP) is 1.87. The van der Waals surface area contributed by atoms with E-state index in [-0.39, 0.29) is 10.9 Å². The molecule has 8 heteroatoms. The first-order valence-electron chi connectivity index (χ1n) is 7.07. The van der Waals surface area contributed by atoms with Crippen LogP contribution >= 0.6 is 11.3 Å². The number of anilines is 2. The van der Waals surface area contributed by atoms with Gasteiger partial charge < -0.3 is 10.6 Å². The van der Waals surface area contributed by atoms with Crippen molar-refractivity contribution in [3.63, 3.8) is 0 Å². The molecule has 1 aliphatic heterocycles. The van der Waals surface area contributed by atoms with Gasteiger partial charge in [-0.25, -0.2) is 13.4 Å². The lowest BCUT2D eigenvalue weighted by Gasteiger charge is -2.32. The molecule has 0 bridgehead atoms. The van der Waals surface area contributed by atoms with E-state index in [1.165, 1.54) is 11.3 Å². The topological polar surface area (TPSA) is 88.3 Å². The van der Waals surface area contributed by atoms with Crippen LogP contribution in [0.5, 0.6) is 0 Å². The number of piperidine rings is 1. The van der Waals surface area contributed by atoms with E-state index < -0.39 is 10.0 Å². The first-order valence-corrected chi connectivity index (χ1v) is 9.44. The van der Waals surface area contributed by atoms with Gasteiger partial charge in [0.2, 0.25) is 0 Å². The molecule has 2 heterocycles. The zero-order valence-electron chi connectivity index (χ0n) is 12.0. The Balaban J connectivity index is 1.73. The fourth-order valence-corrected chi connectivity index (χ4v) is 4.23. The summed E-state index contributed by atoms with van der Waals surface area (Å²) in [6.07, 6.45) is 3.49. The van der Waals surface area contributed by atoms with Crippen LogP contribution in [0, 0.1) is 0 Å². The summed E-state index contributed by atoms with van der Waals surface area (Å²) < 4.78 is 27.0. The van der Waals surface area contributed by atoms with E-state index in [0.717, 1.165) is 31.6 Å². The largest absolute Gasteiger partial charge is 0.371 e. The summed E-state index contributed by atoms with van der Waals surface area (Å²) in [5, 5.41) is 2.09. The number of nitrogens with zero attached hydrogens (tertiary/aromatic N) is 2. The van der Waals surface area contributed by atoms with Crippen molar-refractivity contribution in [2.24, 2.45) is 5.73 Å². The Labute approximate surface area is 134 Å². The second-order valence-electron chi connectivity index (χ2n) is 5.26. The van der Waals surface area contributed by atoms with Crippen molar-refractivity contribution < 1.29 is 8.42 Å². The van der Waals surface area contributed by atoms with Crippen LogP contribution in [0.25, 0.3) is 0 Å². The first-order chi connectivity index (χ1) is 10.5. The highest BCUT2D eigenvalue weighted by Crippen LogP contribution is 2.23. The van der Waals surface area contributed by atoms with Crippen LogP contribution in [-0.4, -0.2) is 32.5 Å². The van der Waals surface area contributed by atoms with Gasteiger partial charge in [0.25, 0.3) is 10.0 Å². The summed E-state index contributed by atoms with van der Waals surface area (Å²) in [6.45, 7) is 1.81. The molecule has 0 unspecified atom stereocenters. The van der Waals surface area contributed by atoms with Gasteiger partial charge >= 0.3 is 0 Å². The van der Waals surface area contributed by atoms with Crippen molar-refractivity contribution in [2.45, 2.75) is 23.8 Å². The molecular weight excluding hydrogens is 320 g/mol. The smallest absolute Gasteiger partial charge is 0.263 e. The fourth-order valence-electron chi connectivity index (χ4n) is 2.44. The molecule has 0 radical (unpaired) electrons. The zero-order valence-corrected chi connectivity index (χ0v) is 13.6. The van der Waals surface area contributed by atoms with Gasteiger partial charge in [-0.2, -0.15) is 0 Å². The highest BCUT2D eigenvalue weighted by molar-refractivity contribution is 7.93. The number of rotatable bonds is 4. The van der Waals surface area contributed by atoms with Crippen molar-refractivity contribution in [3.8, 4) is 0 Å². The molecule has 2 aromatic rings. The molecule has 0 aliphatic carbocycles. The monoisotopic (exact) mass is 338 g/mol.